The molecule has 0 spiro atoms. The molecule has 0 fully saturated rings. The highest BCUT2D eigenvalue weighted by Crippen LogP contribution is 2.24. The minimum Gasteiger partial charge on any atom is -0.439 e. The number of ether oxygens (including phenoxy) is 1. The van der Waals surface area contributed by atoms with Crippen LogP contribution in [0.1, 0.15) is 40.1 Å². The predicted octanol–water partition coefficient (Wildman–Crippen LogP) is 4.87. The summed E-state index contributed by atoms with van der Waals surface area (Å²) in [6, 6.07) is 9.81. The Morgan fingerprint density at radius 1 is 1.06 bits per heavy atom. The second-order valence-corrected chi connectivity index (χ2v) is 8.29. The number of hydrogen-bond donors (Lipinski definition) is 1. The number of rotatable bonds is 8. The SMILES string of the molecule is CSc1nc(C)c(CCC(=O)NCc2ccc(Oc3cc(C)ccc3C)nc2)c(C)n1. The molecule has 0 aliphatic heterocycles. The van der Waals surface area contributed by atoms with Gasteiger partial charge in [0.05, 0.1) is 0 Å². The molecule has 6 nitrogen and oxygen atoms in total. The Balaban J connectivity index is 1.51. The third-order valence-corrected chi connectivity index (χ3v) is 5.58. The molecule has 2 heterocycles. The quantitative estimate of drug-likeness (QED) is 0.401. The second kappa shape index (κ2) is 10.4. The van der Waals surface area contributed by atoms with Crippen molar-refractivity contribution in [2.45, 2.75) is 52.2 Å². The highest BCUT2D eigenvalue weighted by atomic mass is 32.2. The standard InChI is InChI=1S/C24H28N4O2S/c1-15-6-7-16(2)21(12-15)30-23-11-8-19(14-26-23)13-25-22(29)10-9-20-17(3)27-24(31-5)28-18(20)4/h6-8,11-12,14H,9-10,13H2,1-5H3,(H,25,29). The first-order valence-electron chi connectivity index (χ1n) is 10.2. The molecule has 162 valence electrons. The number of hydrogen-bond acceptors (Lipinski definition) is 6. The van der Waals surface area contributed by atoms with Crippen LogP contribution in [0.3, 0.4) is 0 Å². The van der Waals surface area contributed by atoms with Crippen molar-refractivity contribution in [2.24, 2.45) is 0 Å². The fourth-order valence-corrected chi connectivity index (χ4v) is 3.65. The summed E-state index contributed by atoms with van der Waals surface area (Å²) in [4.78, 5) is 25.6. The van der Waals surface area contributed by atoms with Crippen molar-refractivity contribution in [1.29, 1.82) is 0 Å². The molecule has 0 unspecified atom stereocenters. The Bertz CT molecular complexity index is 1040. The van der Waals surface area contributed by atoms with E-state index in [2.05, 4.69) is 26.3 Å². The molecular formula is C24H28N4O2S. The van der Waals surface area contributed by atoms with Crippen LogP contribution in [-0.2, 0) is 17.8 Å². The van der Waals surface area contributed by atoms with Crippen molar-refractivity contribution in [3.05, 3.63) is 70.2 Å². The molecule has 1 N–H and O–H groups in total. The van der Waals surface area contributed by atoms with E-state index in [9.17, 15) is 4.79 Å². The van der Waals surface area contributed by atoms with E-state index < -0.39 is 0 Å². The second-order valence-electron chi connectivity index (χ2n) is 7.51. The number of thioether (sulfide) groups is 1. The lowest BCUT2D eigenvalue weighted by atomic mass is 10.1. The maximum Gasteiger partial charge on any atom is 0.220 e. The van der Waals surface area contributed by atoms with Gasteiger partial charge in [-0.3, -0.25) is 4.79 Å². The normalized spacial score (nSPS) is 10.7. The summed E-state index contributed by atoms with van der Waals surface area (Å²) in [6.45, 7) is 8.39. The van der Waals surface area contributed by atoms with Crippen LogP contribution in [0.4, 0.5) is 0 Å². The molecule has 0 bridgehead atoms. The maximum atomic E-state index is 12.3. The zero-order chi connectivity index (χ0) is 22.4. The van der Waals surface area contributed by atoms with Gasteiger partial charge in [0, 0.05) is 36.6 Å². The molecule has 3 rings (SSSR count). The summed E-state index contributed by atoms with van der Waals surface area (Å²) in [5, 5.41) is 3.72. The molecule has 0 saturated heterocycles. The van der Waals surface area contributed by atoms with Gasteiger partial charge in [0.15, 0.2) is 5.16 Å². The van der Waals surface area contributed by atoms with Crippen LogP contribution in [0.25, 0.3) is 0 Å². The molecule has 0 radical (unpaired) electrons. The first-order chi connectivity index (χ1) is 14.9. The summed E-state index contributed by atoms with van der Waals surface area (Å²) in [7, 11) is 0. The Morgan fingerprint density at radius 2 is 1.81 bits per heavy atom. The highest BCUT2D eigenvalue weighted by molar-refractivity contribution is 7.98. The van der Waals surface area contributed by atoms with Crippen LogP contribution in [0, 0.1) is 27.7 Å². The number of nitrogens with zero attached hydrogens (tertiary/aromatic N) is 3. The minimum absolute atomic E-state index is 0.0107. The third-order valence-electron chi connectivity index (χ3n) is 5.03. The molecule has 31 heavy (non-hydrogen) atoms. The van der Waals surface area contributed by atoms with E-state index in [0.29, 0.717) is 25.3 Å². The Labute approximate surface area is 187 Å². The van der Waals surface area contributed by atoms with Crippen LogP contribution in [-0.4, -0.2) is 27.1 Å². The molecule has 2 aromatic heterocycles. The summed E-state index contributed by atoms with van der Waals surface area (Å²) >= 11 is 1.52. The number of aryl methyl sites for hydroxylation is 4. The van der Waals surface area contributed by atoms with E-state index >= 15 is 0 Å². The van der Waals surface area contributed by atoms with Gasteiger partial charge in [0.1, 0.15) is 5.75 Å². The average molecular weight is 437 g/mol. The number of nitrogens with one attached hydrogen (secondary N) is 1. The lowest BCUT2D eigenvalue weighted by Gasteiger charge is -2.11. The van der Waals surface area contributed by atoms with Gasteiger partial charge in [-0.2, -0.15) is 0 Å². The van der Waals surface area contributed by atoms with E-state index in [4.69, 9.17) is 4.74 Å². The van der Waals surface area contributed by atoms with E-state index in [1.54, 1.807) is 6.20 Å². The summed E-state index contributed by atoms with van der Waals surface area (Å²) in [5.74, 6) is 1.32. The molecule has 3 aromatic rings. The van der Waals surface area contributed by atoms with Gasteiger partial charge in [-0.1, -0.05) is 30.0 Å². The molecule has 0 atom stereocenters. The zero-order valence-corrected chi connectivity index (χ0v) is 19.5. The van der Waals surface area contributed by atoms with Crippen molar-refractivity contribution in [3.8, 4) is 11.6 Å². The van der Waals surface area contributed by atoms with Crippen molar-refractivity contribution < 1.29 is 9.53 Å². The monoisotopic (exact) mass is 436 g/mol. The van der Waals surface area contributed by atoms with E-state index in [0.717, 1.165) is 44.5 Å². The zero-order valence-electron chi connectivity index (χ0n) is 18.7. The van der Waals surface area contributed by atoms with Gasteiger partial charge in [-0.25, -0.2) is 15.0 Å². The highest BCUT2D eigenvalue weighted by Gasteiger charge is 2.11. The van der Waals surface area contributed by atoms with Crippen molar-refractivity contribution in [1.82, 2.24) is 20.3 Å². The van der Waals surface area contributed by atoms with Gasteiger partial charge >= 0.3 is 0 Å². The van der Waals surface area contributed by atoms with Gasteiger partial charge < -0.3 is 10.1 Å². The van der Waals surface area contributed by atoms with E-state index in [1.807, 2.05) is 58.2 Å². The van der Waals surface area contributed by atoms with E-state index in [1.165, 1.54) is 11.8 Å². The largest absolute Gasteiger partial charge is 0.439 e. The molecule has 0 aliphatic carbocycles. The van der Waals surface area contributed by atoms with Gasteiger partial charge in [-0.05, 0) is 68.7 Å². The molecule has 0 aliphatic rings. The van der Waals surface area contributed by atoms with Crippen LogP contribution in [0.5, 0.6) is 11.6 Å². The van der Waals surface area contributed by atoms with Crippen molar-refractivity contribution in [2.75, 3.05) is 6.26 Å². The number of benzene rings is 1. The van der Waals surface area contributed by atoms with Gasteiger partial charge in [0.25, 0.3) is 0 Å². The molecule has 1 aromatic carbocycles. The number of carbonyl (C=O) groups excluding carboxylic acids is 1. The first-order valence-corrected chi connectivity index (χ1v) is 11.4. The number of pyridine rings is 1. The number of aromatic nitrogens is 3. The summed E-state index contributed by atoms with van der Waals surface area (Å²) in [5.41, 5.74) is 6.03. The Morgan fingerprint density at radius 3 is 2.45 bits per heavy atom. The molecule has 7 heteroatoms. The Hall–Kier alpha value is -2.93. The average Bonchev–Trinajstić information content (AvgIpc) is 2.75. The lowest BCUT2D eigenvalue weighted by Crippen LogP contribution is -2.23. The van der Waals surface area contributed by atoms with Gasteiger partial charge in [-0.15, -0.1) is 0 Å². The summed E-state index contributed by atoms with van der Waals surface area (Å²) < 4.78 is 5.89. The maximum absolute atomic E-state index is 12.3. The molecule has 1 amide bonds. The van der Waals surface area contributed by atoms with Crippen molar-refractivity contribution >= 4 is 17.7 Å². The fraction of sp³-hybridized carbons (Fsp3) is 0.333. The smallest absolute Gasteiger partial charge is 0.220 e. The topological polar surface area (TPSA) is 77.0 Å². The van der Waals surface area contributed by atoms with Crippen LogP contribution in [0.2, 0.25) is 0 Å². The first kappa shape index (κ1) is 22.7. The van der Waals surface area contributed by atoms with Crippen LogP contribution < -0.4 is 10.1 Å². The van der Waals surface area contributed by atoms with Crippen LogP contribution in [0.15, 0.2) is 41.7 Å². The van der Waals surface area contributed by atoms with Gasteiger partial charge in [0.2, 0.25) is 11.8 Å². The van der Waals surface area contributed by atoms with Crippen LogP contribution >= 0.6 is 11.8 Å². The third kappa shape index (κ3) is 6.28. The lowest BCUT2D eigenvalue weighted by molar-refractivity contribution is -0.121. The Kier molecular flexibility index (Phi) is 7.63. The fourth-order valence-electron chi connectivity index (χ4n) is 3.20. The minimum atomic E-state index is -0.0107. The molecular weight excluding hydrogens is 408 g/mol. The molecule has 0 saturated carbocycles. The number of carbonyl (C=O) groups is 1. The summed E-state index contributed by atoms with van der Waals surface area (Å²) in [6.07, 6.45) is 4.70. The van der Waals surface area contributed by atoms with Crippen molar-refractivity contribution in [3.63, 3.8) is 0 Å². The number of amides is 1. The predicted molar refractivity (Wildman–Crippen MR) is 124 cm³/mol. The van der Waals surface area contributed by atoms with E-state index in [-0.39, 0.29) is 5.91 Å².